The summed E-state index contributed by atoms with van der Waals surface area (Å²) in [5.41, 5.74) is 0.893. The molecule has 1 aromatic carbocycles. The van der Waals surface area contributed by atoms with Gasteiger partial charge in [-0.1, -0.05) is 35.8 Å². The molecular formula is C19H23ClN6O2. The number of hydrogen-bond acceptors (Lipinski definition) is 8. The van der Waals surface area contributed by atoms with Crippen LogP contribution in [-0.2, 0) is 13.1 Å². The second-order valence-corrected chi connectivity index (χ2v) is 7.71. The molecule has 0 saturated carbocycles. The molecule has 1 fully saturated rings. The molecule has 0 unspecified atom stereocenters. The average Bonchev–Trinajstić information content (AvgIpc) is 3.34. The Labute approximate surface area is 168 Å². The van der Waals surface area contributed by atoms with Gasteiger partial charge in [0.2, 0.25) is 17.6 Å². The van der Waals surface area contributed by atoms with E-state index in [9.17, 15) is 0 Å². The van der Waals surface area contributed by atoms with Crippen molar-refractivity contribution in [3.63, 3.8) is 0 Å². The van der Waals surface area contributed by atoms with Gasteiger partial charge in [0.25, 0.3) is 0 Å². The van der Waals surface area contributed by atoms with Crippen LogP contribution in [0.1, 0.15) is 37.4 Å². The molecule has 3 aromatic rings. The molecule has 1 saturated heterocycles. The third-order valence-electron chi connectivity index (χ3n) is 4.75. The van der Waals surface area contributed by atoms with Crippen LogP contribution in [0.3, 0.4) is 0 Å². The molecule has 28 heavy (non-hydrogen) atoms. The molecule has 0 aliphatic carbocycles. The van der Waals surface area contributed by atoms with E-state index in [-0.39, 0.29) is 5.92 Å². The number of hydrogen-bond donors (Lipinski definition) is 0. The Balaban J connectivity index is 1.28. The van der Waals surface area contributed by atoms with Gasteiger partial charge in [0.15, 0.2) is 5.82 Å². The zero-order chi connectivity index (χ0) is 19.5. The van der Waals surface area contributed by atoms with Crippen molar-refractivity contribution in [1.82, 2.24) is 30.1 Å². The summed E-state index contributed by atoms with van der Waals surface area (Å²) in [5.74, 6) is 2.93. The minimum Gasteiger partial charge on any atom is -0.338 e. The van der Waals surface area contributed by atoms with Gasteiger partial charge in [0, 0.05) is 42.7 Å². The van der Waals surface area contributed by atoms with Crippen molar-refractivity contribution >= 4 is 11.6 Å². The monoisotopic (exact) mass is 402 g/mol. The van der Waals surface area contributed by atoms with Crippen LogP contribution >= 0.6 is 11.6 Å². The first-order valence-corrected chi connectivity index (χ1v) is 9.80. The molecule has 0 radical (unpaired) electrons. The second-order valence-electron chi connectivity index (χ2n) is 7.27. The lowest BCUT2D eigenvalue weighted by Crippen LogP contribution is -2.45. The van der Waals surface area contributed by atoms with Gasteiger partial charge in [0.05, 0.1) is 13.1 Å². The number of halogens is 1. The highest BCUT2D eigenvalue weighted by atomic mass is 35.5. The standard InChI is InChI=1S/C19H23ClN6O2/c1-13(2)18-21-16(27-23-18)11-25-7-9-26(10-8-25)12-17-22-19(24-28-17)14-3-5-15(20)6-4-14/h3-6,13H,7-12H2,1-2H3. The van der Waals surface area contributed by atoms with Crippen molar-refractivity contribution in [2.24, 2.45) is 0 Å². The third-order valence-corrected chi connectivity index (χ3v) is 5.01. The van der Waals surface area contributed by atoms with Crippen molar-refractivity contribution < 1.29 is 9.05 Å². The molecular weight excluding hydrogens is 380 g/mol. The van der Waals surface area contributed by atoms with Gasteiger partial charge in [-0.15, -0.1) is 0 Å². The fraction of sp³-hybridized carbons (Fsp3) is 0.474. The topological polar surface area (TPSA) is 84.3 Å². The Morgan fingerprint density at radius 3 is 2.04 bits per heavy atom. The smallest absolute Gasteiger partial charge is 0.241 e. The van der Waals surface area contributed by atoms with Crippen LogP contribution < -0.4 is 0 Å². The Morgan fingerprint density at radius 1 is 0.893 bits per heavy atom. The molecule has 1 aliphatic rings. The number of aromatic nitrogens is 4. The number of nitrogens with zero attached hydrogens (tertiary/aromatic N) is 6. The Morgan fingerprint density at radius 2 is 1.46 bits per heavy atom. The molecule has 0 amide bonds. The molecule has 9 heteroatoms. The zero-order valence-electron chi connectivity index (χ0n) is 16.0. The number of piperazine rings is 1. The zero-order valence-corrected chi connectivity index (χ0v) is 16.8. The highest BCUT2D eigenvalue weighted by Crippen LogP contribution is 2.19. The molecule has 0 N–H and O–H groups in total. The van der Waals surface area contributed by atoms with Crippen molar-refractivity contribution in [2.45, 2.75) is 32.9 Å². The summed E-state index contributed by atoms with van der Waals surface area (Å²) in [5, 5.41) is 8.79. The first kappa shape index (κ1) is 19.0. The molecule has 0 spiro atoms. The van der Waals surface area contributed by atoms with Gasteiger partial charge in [-0.25, -0.2) is 0 Å². The van der Waals surface area contributed by atoms with Crippen LogP contribution in [-0.4, -0.2) is 56.3 Å². The van der Waals surface area contributed by atoms with Crippen LogP contribution in [0, 0.1) is 0 Å². The van der Waals surface area contributed by atoms with E-state index in [1.54, 1.807) is 0 Å². The lowest BCUT2D eigenvalue weighted by atomic mass is 10.2. The maximum absolute atomic E-state index is 5.92. The van der Waals surface area contributed by atoms with Crippen LogP contribution in [0.4, 0.5) is 0 Å². The molecule has 8 nitrogen and oxygen atoms in total. The minimum atomic E-state index is 0.279. The molecule has 0 atom stereocenters. The van der Waals surface area contributed by atoms with E-state index in [1.807, 2.05) is 24.3 Å². The fourth-order valence-corrected chi connectivity index (χ4v) is 3.22. The second kappa shape index (κ2) is 8.38. The largest absolute Gasteiger partial charge is 0.338 e. The highest BCUT2D eigenvalue weighted by Gasteiger charge is 2.21. The maximum Gasteiger partial charge on any atom is 0.241 e. The summed E-state index contributed by atoms with van der Waals surface area (Å²) < 4.78 is 10.8. The Bertz CT molecular complexity index is 899. The minimum absolute atomic E-state index is 0.279. The summed E-state index contributed by atoms with van der Waals surface area (Å²) in [6.45, 7) is 9.15. The van der Waals surface area contributed by atoms with Gasteiger partial charge in [-0.3, -0.25) is 9.80 Å². The van der Waals surface area contributed by atoms with E-state index in [0.717, 1.165) is 37.6 Å². The van der Waals surface area contributed by atoms with E-state index in [4.69, 9.17) is 20.6 Å². The van der Waals surface area contributed by atoms with Crippen molar-refractivity contribution in [3.05, 3.63) is 46.9 Å². The van der Waals surface area contributed by atoms with Gasteiger partial charge in [-0.05, 0) is 24.3 Å². The highest BCUT2D eigenvalue weighted by molar-refractivity contribution is 6.30. The Kier molecular flexibility index (Phi) is 5.70. The first-order valence-electron chi connectivity index (χ1n) is 9.42. The van der Waals surface area contributed by atoms with Crippen LogP contribution in [0.2, 0.25) is 5.02 Å². The van der Waals surface area contributed by atoms with Crippen LogP contribution in [0.5, 0.6) is 0 Å². The van der Waals surface area contributed by atoms with E-state index in [2.05, 4.69) is 43.9 Å². The summed E-state index contributed by atoms with van der Waals surface area (Å²) in [6.07, 6.45) is 0. The van der Waals surface area contributed by atoms with Crippen molar-refractivity contribution in [1.29, 1.82) is 0 Å². The maximum atomic E-state index is 5.92. The van der Waals surface area contributed by atoms with Gasteiger partial charge in [0.1, 0.15) is 0 Å². The first-order chi connectivity index (χ1) is 13.6. The summed E-state index contributed by atoms with van der Waals surface area (Å²) in [6, 6.07) is 7.41. The molecule has 4 rings (SSSR count). The van der Waals surface area contributed by atoms with Crippen molar-refractivity contribution in [2.75, 3.05) is 26.2 Å². The molecule has 1 aliphatic heterocycles. The SMILES string of the molecule is CC(C)c1noc(CN2CCN(Cc3nc(-c4ccc(Cl)cc4)no3)CC2)n1. The summed E-state index contributed by atoms with van der Waals surface area (Å²) >= 11 is 5.92. The fourth-order valence-electron chi connectivity index (χ4n) is 3.09. The number of benzene rings is 1. The quantitative estimate of drug-likeness (QED) is 0.621. The van der Waals surface area contributed by atoms with Crippen molar-refractivity contribution in [3.8, 4) is 11.4 Å². The van der Waals surface area contributed by atoms with Crippen LogP contribution in [0.15, 0.2) is 33.3 Å². The average molecular weight is 403 g/mol. The number of rotatable bonds is 6. The molecule has 148 valence electrons. The predicted octanol–water partition coefficient (Wildman–Crippen LogP) is 3.21. The summed E-state index contributed by atoms with van der Waals surface area (Å²) in [7, 11) is 0. The van der Waals surface area contributed by atoms with E-state index < -0.39 is 0 Å². The van der Waals surface area contributed by atoms with Crippen LogP contribution in [0.25, 0.3) is 11.4 Å². The lowest BCUT2D eigenvalue weighted by molar-refractivity contribution is 0.103. The summed E-state index contributed by atoms with van der Waals surface area (Å²) in [4.78, 5) is 13.6. The Hall–Kier alpha value is -2.29. The van der Waals surface area contributed by atoms with Gasteiger partial charge >= 0.3 is 0 Å². The van der Waals surface area contributed by atoms with E-state index in [1.165, 1.54) is 0 Å². The molecule has 3 heterocycles. The predicted molar refractivity (Wildman–Crippen MR) is 104 cm³/mol. The molecule has 0 bridgehead atoms. The van der Waals surface area contributed by atoms with Gasteiger partial charge in [-0.2, -0.15) is 9.97 Å². The van der Waals surface area contributed by atoms with E-state index >= 15 is 0 Å². The lowest BCUT2D eigenvalue weighted by Gasteiger charge is -2.32. The third kappa shape index (κ3) is 4.57. The molecule has 2 aromatic heterocycles. The van der Waals surface area contributed by atoms with E-state index in [0.29, 0.717) is 35.7 Å². The van der Waals surface area contributed by atoms with Gasteiger partial charge < -0.3 is 9.05 Å². The normalized spacial score (nSPS) is 16.1.